The minimum atomic E-state index is -0.696. The molecule has 1 aromatic carbocycles. The van der Waals surface area contributed by atoms with Crippen LogP contribution >= 0.6 is 0 Å². The number of fused-ring (bicyclic) bond motifs is 2. The van der Waals surface area contributed by atoms with Crippen LogP contribution in [0, 0.1) is 5.92 Å². The number of hydrogen-bond acceptors (Lipinski definition) is 10. The average Bonchev–Trinajstić information content (AvgIpc) is 3.59. The molecule has 2 saturated heterocycles. The third kappa shape index (κ3) is 6.23. The van der Waals surface area contributed by atoms with Gasteiger partial charge in [-0.1, -0.05) is 30.3 Å². The lowest BCUT2D eigenvalue weighted by molar-refractivity contribution is -0.197. The van der Waals surface area contributed by atoms with Crippen LogP contribution in [0.5, 0.6) is 0 Å². The van der Waals surface area contributed by atoms with Crippen molar-refractivity contribution in [2.75, 3.05) is 5.73 Å². The Hall–Kier alpha value is -3.12. The fraction of sp³-hybridized carbons (Fsp3) is 0.600. The van der Waals surface area contributed by atoms with E-state index in [0.29, 0.717) is 48.0 Å². The predicted molar refractivity (Wildman–Crippen MR) is 151 cm³/mol. The number of aromatic nitrogens is 4. The van der Waals surface area contributed by atoms with Crippen molar-refractivity contribution in [2.24, 2.45) is 5.92 Å². The van der Waals surface area contributed by atoms with E-state index in [-0.39, 0.29) is 24.3 Å². The Morgan fingerprint density at radius 2 is 1.93 bits per heavy atom. The Labute approximate surface area is 240 Å². The summed E-state index contributed by atoms with van der Waals surface area (Å²) in [6, 6.07) is 10.6. The van der Waals surface area contributed by atoms with Crippen LogP contribution in [0.4, 0.5) is 5.82 Å². The van der Waals surface area contributed by atoms with Crippen LogP contribution in [-0.2, 0) is 30.3 Å². The number of esters is 1. The monoisotopic (exact) mass is 564 g/mol. The highest BCUT2D eigenvalue weighted by atomic mass is 16.8. The molecule has 41 heavy (non-hydrogen) atoms. The molecule has 5 atom stereocenters. The number of benzene rings is 1. The van der Waals surface area contributed by atoms with Crippen molar-refractivity contribution >= 4 is 23.0 Å². The molecule has 11 heteroatoms. The summed E-state index contributed by atoms with van der Waals surface area (Å²) in [6.45, 7) is 6.43. The molecule has 1 aliphatic carbocycles. The van der Waals surface area contributed by atoms with Crippen molar-refractivity contribution in [3.8, 4) is 0 Å². The molecule has 3 fully saturated rings. The molecular formula is C30H40N6O5. The summed E-state index contributed by atoms with van der Waals surface area (Å²) in [4.78, 5) is 25.0. The Kier molecular flexibility index (Phi) is 7.95. The topological polar surface area (TPSA) is 136 Å². The van der Waals surface area contributed by atoms with Gasteiger partial charge < -0.3 is 30.0 Å². The molecule has 2 aromatic heterocycles. The first-order valence-electron chi connectivity index (χ1n) is 14.7. The van der Waals surface area contributed by atoms with Crippen LogP contribution in [-0.4, -0.2) is 61.7 Å². The lowest BCUT2D eigenvalue weighted by Gasteiger charge is -2.38. The number of ether oxygens (including phenoxy) is 4. The molecule has 11 nitrogen and oxygen atoms in total. The first-order chi connectivity index (χ1) is 19.8. The minimum Gasteiger partial charge on any atom is -0.461 e. The van der Waals surface area contributed by atoms with E-state index in [1.165, 1.54) is 6.33 Å². The van der Waals surface area contributed by atoms with Crippen molar-refractivity contribution in [1.82, 2.24) is 24.8 Å². The van der Waals surface area contributed by atoms with Gasteiger partial charge in [0.15, 0.2) is 23.5 Å². The maximum absolute atomic E-state index is 12.1. The van der Waals surface area contributed by atoms with Gasteiger partial charge in [0.2, 0.25) is 0 Å². The van der Waals surface area contributed by atoms with Gasteiger partial charge >= 0.3 is 5.97 Å². The Morgan fingerprint density at radius 1 is 1.15 bits per heavy atom. The minimum absolute atomic E-state index is 0.118. The van der Waals surface area contributed by atoms with Crippen molar-refractivity contribution in [3.63, 3.8) is 0 Å². The molecule has 2 aliphatic heterocycles. The zero-order chi connectivity index (χ0) is 28.6. The largest absolute Gasteiger partial charge is 0.461 e. The second-order valence-electron chi connectivity index (χ2n) is 12.1. The van der Waals surface area contributed by atoms with E-state index in [2.05, 4.69) is 27.2 Å². The quantitative estimate of drug-likeness (QED) is 0.330. The van der Waals surface area contributed by atoms with Gasteiger partial charge in [0.1, 0.15) is 30.7 Å². The SMILES string of the molecule is CC(CC[C@H]1O[C@@H](n2cnc3c(N)ncnc32)[C@@H]2OC(C)(C)O[C@@H]21)NC1CC(CCC(=O)OCc2ccccc2)C1. The van der Waals surface area contributed by atoms with Crippen molar-refractivity contribution in [1.29, 1.82) is 0 Å². The van der Waals surface area contributed by atoms with Crippen LogP contribution in [0.1, 0.15) is 71.1 Å². The standard InChI is InChI=1S/C30H40N6O5/c1-18(35-21-13-20(14-21)10-12-23(37)38-15-19-7-5-4-6-8-19)9-11-22-25-26(41-30(2,3)40-25)29(39-22)36-17-34-24-27(31)32-16-33-28(24)36/h4-8,16-18,20-22,25-26,29,35H,9-15H2,1-3H3,(H2,31,32,33)/t18?,20?,21?,22-,25-,26-,29-/m1/s1. The molecule has 1 saturated carbocycles. The maximum Gasteiger partial charge on any atom is 0.306 e. The number of rotatable bonds is 11. The van der Waals surface area contributed by atoms with E-state index >= 15 is 0 Å². The zero-order valence-corrected chi connectivity index (χ0v) is 23.9. The molecule has 0 bridgehead atoms. The summed E-state index contributed by atoms with van der Waals surface area (Å²) in [6.07, 6.45) is 7.44. The fourth-order valence-corrected chi connectivity index (χ4v) is 6.31. The molecule has 3 N–H and O–H groups in total. The lowest BCUT2D eigenvalue weighted by Crippen LogP contribution is -2.45. The van der Waals surface area contributed by atoms with E-state index in [9.17, 15) is 4.79 Å². The van der Waals surface area contributed by atoms with Gasteiger partial charge in [-0.2, -0.15) is 0 Å². The summed E-state index contributed by atoms with van der Waals surface area (Å²) in [5, 5.41) is 3.76. The van der Waals surface area contributed by atoms with Gasteiger partial charge in [0.05, 0.1) is 12.4 Å². The van der Waals surface area contributed by atoms with Gasteiger partial charge in [-0.15, -0.1) is 0 Å². The summed E-state index contributed by atoms with van der Waals surface area (Å²) in [5.41, 5.74) is 8.19. The Morgan fingerprint density at radius 3 is 2.73 bits per heavy atom. The van der Waals surface area contributed by atoms with Crippen LogP contribution in [0.25, 0.3) is 11.2 Å². The first-order valence-corrected chi connectivity index (χ1v) is 14.7. The maximum atomic E-state index is 12.1. The summed E-state index contributed by atoms with van der Waals surface area (Å²) >= 11 is 0. The number of hydrogen-bond donors (Lipinski definition) is 2. The van der Waals surface area contributed by atoms with Gasteiger partial charge in [0.25, 0.3) is 0 Å². The number of nitrogen functional groups attached to an aromatic ring is 1. The molecular weight excluding hydrogens is 524 g/mol. The van der Waals surface area contributed by atoms with Crippen LogP contribution in [0.2, 0.25) is 0 Å². The molecule has 0 amide bonds. The van der Waals surface area contributed by atoms with E-state index in [0.717, 1.165) is 37.7 Å². The number of nitrogens with one attached hydrogen (secondary N) is 1. The first kappa shape index (κ1) is 28.0. The third-order valence-electron chi connectivity index (χ3n) is 8.43. The van der Waals surface area contributed by atoms with Crippen molar-refractivity contribution in [2.45, 2.75) is 108 Å². The number of nitrogens with zero attached hydrogens (tertiary/aromatic N) is 4. The number of carbonyl (C=O) groups is 1. The summed E-state index contributed by atoms with van der Waals surface area (Å²) in [7, 11) is 0. The highest BCUT2D eigenvalue weighted by molar-refractivity contribution is 5.81. The number of imidazole rings is 1. The smallest absolute Gasteiger partial charge is 0.306 e. The molecule has 3 aliphatic rings. The van der Waals surface area contributed by atoms with Crippen LogP contribution in [0.3, 0.4) is 0 Å². The van der Waals surface area contributed by atoms with Gasteiger partial charge in [-0.3, -0.25) is 9.36 Å². The fourth-order valence-electron chi connectivity index (χ4n) is 6.31. The highest BCUT2D eigenvalue weighted by Crippen LogP contribution is 2.45. The normalized spacial score (nSPS) is 29.2. The lowest BCUT2D eigenvalue weighted by atomic mass is 9.77. The zero-order valence-electron chi connectivity index (χ0n) is 23.9. The Bertz CT molecular complexity index is 1340. The number of anilines is 1. The van der Waals surface area contributed by atoms with Crippen molar-refractivity contribution < 1.29 is 23.7 Å². The second kappa shape index (κ2) is 11.6. The Balaban J connectivity index is 0.953. The number of nitrogens with two attached hydrogens (primary N) is 1. The molecule has 220 valence electrons. The average molecular weight is 565 g/mol. The molecule has 6 rings (SSSR count). The van der Waals surface area contributed by atoms with Crippen LogP contribution < -0.4 is 11.1 Å². The van der Waals surface area contributed by atoms with Crippen molar-refractivity contribution in [3.05, 3.63) is 48.5 Å². The molecule has 0 spiro atoms. The predicted octanol–water partition coefficient (Wildman–Crippen LogP) is 3.89. The molecule has 4 heterocycles. The van der Waals surface area contributed by atoms with Gasteiger partial charge in [-0.25, -0.2) is 15.0 Å². The molecule has 3 aromatic rings. The van der Waals surface area contributed by atoms with Gasteiger partial charge in [0, 0.05) is 18.5 Å². The molecule has 0 radical (unpaired) electrons. The van der Waals surface area contributed by atoms with E-state index in [1.807, 2.05) is 48.7 Å². The van der Waals surface area contributed by atoms with E-state index < -0.39 is 12.0 Å². The second-order valence-corrected chi connectivity index (χ2v) is 12.1. The highest BCUT2D eigenvalue weighted by Gasteiger charge is 2.56. The van der Waals surface area contributed by atoms with E-state index in [4.69, 9.17) is 24.7 Å². The summed E-state index contributed by atoms with van der Waals surface area (Å²) in [5.74, 6) is 0.0917. The van der Waals surface area contributed by atoms with Gasteiger partial charge in [-0.05, 0) is 64.4 Å². The number of carbonyl (C=O) groups excluding carboxylic acids is 1. The molecule has 1 unspecified atom stereocenters. The van der Waals surface area contributed by atoms with Crippen LogP contribution in [0.15, 0.2) is 43.0 Å². The summed E-state index contributed by atoms with van der Waals surface area (Å²) < 4.78 is 26.4. The van der Waals surface area contributed by atoms with E-state index in [1.54, 1.807) is 6.33 Å². The third-order valence-corrected chi connectivity index (χ3v) is 8.43.